The molecule has 0 saturated heterocycles. The molecule has 0 aliphatic carbocycles. The molecule has 0 aliphatic rings. The van der Waals surface area contributed by atoms with Gasteiger partial charge in [0.15, 0.2) is 0 Å². The van der Waals surface area contributed by atoms with Crippen LogP contribution in [0, 0.1) is 0 Å². The molecule has 1 amide bonds. The van der Waals surface area contributed by atoms with E-state index >= 15 is 0 Å². The predicted octanol–water partition coefficient (Wildman–Crippen LogP) is 0.942. The van der Waals surface area contributed by atoms with Crippen LogP contribution in [0.3, 0.4) is 0 Å². The first-order valence-electron chi connectivity index (χ1n) is 3.67. The number of esters is 1. The van der Waals surface area contributed by atoms with E-state index in [1.807, 2.05) is 0 Å². The fraction of sp³-hybridized carbons (Fsp3) is 0.714. The van der Waals surface area contributed by atoms with Crippen LogP contribution in [0.15, 0.2) is 0 Å². The van der Waals surface area contributed by atoms with E-state index in [2.05, 4.69) is 4.74 Å². The van der Waals surface area contributed by atoms with E-state index in [9.17, 15) is 9.59 Å². The second-order valence-electron chi connectivity index (χ2n) is 2.16. The summed E-state index contributed by atoms with van der Waals surface area (Å²) in [7, 11) is 0. The van der Waals surface area contributed by atoms with E-state index < -0.39 is 0 Å². The molecule has 0 heterocycles. The molecule has 70 valence electrons. The second-order valence-corrected chi connectivity index (χ2v) is 2.57. The first kappa shape index (κ1) is 11.2. The fourth-order valence-electron chi connectivity index (χ4n) is 0.580. The Bertz CT molecular complexity index is 172. The highest BCUT2D eigenvalue weighted by molar-refractivity contribution is 6.20. The number of nitrogens with zero attached hydrogens (tertiary/aromatic N) is 1. The van der Waals surface area contributed by atoms with Crippen LogP contribution in [-0.2, 0) is 14.3 Å². The fourth-order valence-corrected chi connectivity index (χ4v) is 0.665. The molecule has 0 aromatic carbocycles. The molecule has 0 atom stereocenters. The Kier molecular flexibility index (Phi) is 5.45. The maximum atomic E-state index is 10.8. The van der Waals surface area contributed by atoms with Crippen molar-refractivity contribution in [1.82, 2.24) is 4.42 Å². The van der Waals surface area contributed by atoms with Gasteiger partial charge >= 0.3 is 5.97 Å². The van der Waals surface area contributed by atoms with Crippen molar-refractivity contribution >= 4 is 23.7 Å². The second kappa shape index (κ2) is 5.83. The quantitative estimate of drug-likeness (QED) is 0.493. The van der Waals surface area contributed by atoms with Gasteiger partial charge < -0.3 is 4.74 Å². The van der Waals surface area contributed by atoms with Crippen molar-refractivity contribution in [2.45, 2.75) is 20.3 Å². The van der Waals surface area contributed by atoms with Crippen LogP contribution in [0.1, 0.15) is 20.3 Å². The molecule has 0 saturated carbocycles. The van der Waals surface area contributed by atoms with E-state index in [4.69, 9.17) is 11.8 Å². The number of carbonyl (C=O) groups is 2. The van der Waals surface area contributed by atoms with Crippen LogP contribution < -0.4 is 0 Å². The minimum atomic E-state index is -0.343. The van der Waals surface area contributed by atoms with Crippen LogP contribution in [0.25, 0.3) is 0 Å². The molecule has 0 bridgehead atoms. The third-order valence-electron chi connectivity index (χ3n) is 1.16. The molecule has 0 spiro atoms. The SMILES string of the molecule is CCOC(=O)CCN(Cl)C(C)=O. The highest BCUT2D eigenvalue weighted by Gasteiger charge is 2.08. The molecule has 0 radical (unpaired) electrons. The summed E-state index contributed by atoms with van der Waals surface area (Å²) in [5.41, 5.74) is 0. The summed E-state index contributed by atoms with van der Waals surface area (Å²) in [6.45, 7) is 3.59. The highest BCUT2D eigenvalue weighted by atomic mass is 35.5. The number of halogens is 1. The van der Waals surface area contributed by atoms with Gasteiger partial charge in [0.1, 0.15) is 0 Å². The molecule has 0 aromatic heterocycles. The van der Waals surface area contributed by atoms with Crippen molar-refractivity contribution in [3.63, 3.8) is 0 Å². The van der Waals surface area contributed by atoms with Gasteiger partial charge in [0.05, 0.1) is 13.0 Å². The molecule has 0 fully saturated rings. The van der Waals surface area contributed by atoms with Gasteiger partial charge in [-0.3, -0.25) is 14.0 Å². The number of hydrogen-bond acceptors (Lipinski definition) is 3. The van der Waals surface area contributed by atoms with Gasteiger partial charge in [-0.1, -0.05) is 0 Å². The topological polar surface area (TPSA) is 46.6 Å². The molecular formula is C7H12ClNO3. The Morgan fingerprint density at radius 1 is 1.50 bits per heavy atom. The number of rotatable bonds is 4. The zero-order valence-electron chi connectivity index (χ0n) is 7.17. The summed E-state index contributed by atoms with van der Waals surface area (Å²) in [4.78, 5) is 21.3. The smallest absolute Gasteiger partial charge is 0.307 e. The normalized spacial score (nSPS) is 9.25. The van der Waals surface area contributed by atoms with Crippen molar-refractivity contribution in [3.8, 4) is 0 Å². The van der Waals surface area contributed by atoms with Crippen molar-refractivity contribution in [2.75, 3.05) is 13.2 Å². The summed E-state index contributed by atoms with van der Waals surface area (Å²) in [5.74, 6) is -0.620. The summed E-state index contributed by atoms with van der Waals surface area (Å²) in [5, 5.41) is 0. The van der Waals surface area contributed by atoms with Gasteiger partial charge in [-0.05, 0) is 6.92 Å². The van der Waals surface area contributed by atoms with Gasteiger partial charge in [-0.25, -0.2) is 0 Å². The molecule has 5 heteroatoms. The lowest BCUT2D eigenvalue weighted by molar-refractivity contribution is -0.143. The minimum absolute atomic E-state index is 0.136. The van der Waals surface area contributed by atoms with Crippen molar-refractivity contribution in [2.24, 2.45) is 0 Å². The van der Waals surface area contributed by atoms with Crippen molar-refractivity contribution in [3.05, 3.63) is 0 Å². The molecule has 0 rings (SSSR count). The summed E-state index contributed by atoms with van der Waals surface area (Å²) >= 11 is 5.44. The molecule has 0 aromatic rings. The van der Waals surface area contributed by atoms with Gasteiger partial charge in [-0.2, -0.15) is 0 Å². The molecule has 0 aliphatic heterocycles. The van der Waals surface area contributed by atoms with Crippen LogP contribution >= 0.6 is 11.8 Å². The van der Waals surface area contributed by atoms with Crippen LogP contribution in [0.5, 0.6) is 0 Å². The van der Waals surface area contributed by atoms with E-state index in [0.29, 0.717) is 6.61 Å². The van der Waals surface area contributed by atoms with Crippen LogP contribution in [0.2, 0.25) is 0 Å². The molecule has 12 heavy (non-hydrogen) atoms. The maximum Gasteiger partial charge on any atom is 0.307 e. The number of carbonyl (C=O) groups excluding carboxylic acids is 2. The Hall–Kier alpha value is -0.770. The van der Waals surface area contributed by atoms with Crippen molar-refractivity contribution in [1.29, 1.82) is 0 Å². The zero-order chi connectivity index (χ0) is 9.56. The molecule has 4 nitrogen and oxygen atoms in total. The average molecular weight is 194 g/mol. The molecular weight excluding hydrogens is 182 g/mol. The standard InChI is InChI=1S/C7H12ClNO3/c1-3-12-7(11)4-5-9(8)6(2)10/h3-5H2,1-2H3. The predicted molar refractivity (Wildman–Crippen MR) is 44.5 cm³/mol. The first-order chi connectivity index (χ1) is 5.57. The molecule has 0 N–H and O–H groups in total. The monoisotopic (exact) mass is 193 g/mol. The van der Waals surface area contributed by atoms with Gasteiger partial charge in [0, 0.05) is 25.2 Å². The van der Waals surface area contributed by atoms with E-state index in [1.165, 1.54) is 6.92 Å². The summed E-state index contributed by atoms with van der Waals surface area (Å²) in [6.07, 6.45) is 0.136. The number of amides is 1. The Balaban J connectivity index is 3.54. The third-order valence-corrected chi connectivity index (χ3v) is 1.57. The van der Waals surface area contributed by atoms with E-state index in [0.717, 1.165) is 4.42 Å². The number of hydrogen-bond donors (Lipinski definition) is 0. The lowest BCUT2D eigenvalue weighted by Crippen LogP contribution is -2.22. The summed E-state index contributed by atoms with van der Waals surface area (Å²) in [6, 6.07) is 0. The highest BCUT2D eigenvalue weighted by Crippen LogP contribution is 1.97. The van der Waals surface area contributed by atoms with Crippen molar-refractivity contribution < 1.29 is 14.3 Å². The zero-order valence-corrected chi connectivity index (χ0v) is 7.93. The summed E-state index contributed by atoms with van der Waals surface area (Å²) < 4.78 is 5.59. The van der Waals surface area contributed by atoms with Crippen LogP contribution in [-0.4, -0.2) is 29.4 Å². The Morgan fingerprint density at radius 2 is 2.08 bits per heavy atom. The van der Waals surface area contributed by atoms with Gasteiger partial charge in [0.25, 0.3) is 0 Å². The first-order valence-corrected chi connectivity index (χ1v) is 4.01. The average Bonchev–Trinajstić information content (AvgIpc) is 2.00. The van der Waals surface area contributed by atoms with Gasteiger partial charge in [-0.15, -0.1) is 0 Å². The third kappa shape index (κ3) is 4.96. The van der Waals surface area contributed by atoms with E-state index in [-0.39, 0.29) is 24.8 Å². The largest absolute Gasteiger partial charge is 0.466 e. The number of ether oxygens (including phenoxy) is 1. The maximum absolute atomic E-state index is 10.8. The van der Waals surface area contributed by atoms with E-state index in [1.54, 1.807) is 6.92 Å². The van der Waals surface area contributed by atoms with Gasteiger partial charge in [0.2, 0.25) is 5.91 Å². The van der Waals surface area contributed by atoms with Crippen LogP contribution in [0.4, 0.5) is 0 Å². The minimum Gasteiger partial charge on any atom is -0.466 e. The molecule has 0 unspecified atom stereocenters. The Morgan fingerprint density at radius 3 is 2.50 bits per heavy atom. The lowest BCUT2D eigenvalue weighted by atomic mass is 10.4. The Labute approximate surface area is 76.5 Å². The lowest BCUT2D eigenvalue weighted by Gasteiger charge is -2.09.